The van der Waals surface area contributed by atoms with Crippen LogP contribution in [0.5, 0.6) is 0 Å². The third-order valence-electron chi connectivity index (χ3n) is 4.28. The van der Waals surface area contributed by atoms with E-state index in [0.29, 0.717) is 35.7 Å². The maximum Gasteiger partial charge on any atom is 0.255 e. The van der Waals surface area contributed by atoms with Crippen LogP contribution in [0.1, 0.15) is 61.8 Å². The predicted molar refractivity (Wildman–Crippen MR) is 152 cm³/mol. The SMILES string of the molecule is C/C=C/Cl.C=CC(=C)NC(=NC)C(C)NC(=O)c1ccc(C(=O)N(CC)CCC)c(Cl)c1.CC(N)=O. The molecular formula is C26H39Cl2N5O3. The fourth-order valence-electron chi connectivity index (χ4n) is 2.59. The largest absolute Gasteiger partial charge is 0.370 e. The number of allylic oxidation sites excluding steroid dienone is 2. The van der Waals surface area contributed by atoms with Crippen LogP contribution in [-0.4, -0.2) is 54.6 Å². The molecule has 200 valence electrons. The monoisotopic (exact) mass is 539 g/mol. The van der Waals surface area contributed by atoms with Gasteiger partial charge in [-0.25, -0.2) is 0 Å². The second-order valence-electron chi connectivity index (χ2n) is 7.31. The molecule has 0 aliphatic rings. The first-order valence-electron chi connectivity index (χ1n) is 11.4. The van der Waals surface area contributed by atoms with Crippen molar-refractivity contribution in [3.05, 3.63) is 70.9 Å². The quantitative estimate of drug-likeness (QED) is 0.235. The van der Waals surface area contributed by atoms with Crippen LogP contribution >= 0.6 is 23.2 Å². The van der Waals surface area contributed by atoms with Crippen LogP contribution in [0, 0.1) is 0 Å². The Kier molecular flexibility index (Phi) is 19.6. The molecule has 10 heteroatoms. The minimum Gasteiger partial charge on any atom is -0.370 e. The summed E-state index contributed by atoms with van der Waals surface area (Å²) in [5, 5.41) is 6.08. The van der Waals surface area contributed by atoms with Gasteiger partial charge in [0.05, 0.1) is 16.6 Å². The van der Waals surface area contributed by atoms with E-state index >= 15 is 0 Å². The van der Waals surface area contributed by atoms with Gasteiger partial charge in [0.2, 0.25) is 5.91 Å². The first-order valence-corrected chi connectivity index (χ1v) is 12.2. The molecule has 0 radical (unpaired) electrons. The molecule has 0 saturated carbocycles. The third kappa shape index (κ3) is 14.3. The molecule has 0 aliphatic carbocycles. The molecule has 0 fully saturated rings. The Hall–Kier alpha value is -3.10. The molecule has 0 saturated heterocycles. The van der Waals surface area contributed by atoms with Gasteiger partial charge in [0.15, 0.2) is 0 Å². The fraction of sp³-hybridized carbons (Fsp3) is 0.385. The molecule has 1 aromatic carbocycles. The molecule has 1 unspecified atom stereocenters. The van der Waals surface area contributed by atoms with Crippen molar-refractivity contribution in [3.8, 4) is 0 Å². The van der Waals surface area contributed by atoms with Gasteiger partial charge in [-0.2, -0.15) is 0 Å². The summed E-state index contributed by atoms with van der Waals surface area (Å²) < 4.78 is 0. The Bertz CT molecular complexity index is 938. The topological polar surface area (TPSA) is 117 Å². The molecule has 1 atom stereocenters. The molecule has 0 aromatic heterocycles. The molecule has 36 heavy (non-hydrogen) atoms. The summed E-state index contributed by atoms with van der Waals surface area (Å²) in [6, 6.07) is 4.32. The van der Waals surface area contributed by atoms with Crippen LogP contribution < -0.4 is 16.4 Å². The van der Waals surface area contributed by atoms with E-state index in [9.17, 15) is 14.4 Å². The van der Waals surface area contributed by atoms with Crippen LogP contribution in [-0.2, 0) is 4.79 Å². The summed E-state index contributed by atoms with van der Waals surface area (Å²) in [5.74, 6) is -0.238. The number of rotatable bonds is 9. The van der Waals surface area contributed by atoms with Gasteiger partial charge < -0.3 is 21.3 Å². The van der Waals surface area contributed by atoms with Gasteiger partial charge in [-0.3, -0.25) is 19.4 Å². The molecule has 0 heterocycles. The second kappa shape index (κ2) is 20.1. The Balaban J connectivity index is 0. The van der Waals surface area contributed by atoms with E-state index in [1.54, 1.807) is 43.2 Å². The molecule has 8 nitrogen and oxygen atoms in total. The number of hydrogen-bond donors (Lipinski definition) is 3. The standard InChI is InChI=1S/C21H29ClN4O2.C3H5Cl.C2H5NO/c1-7-12-26(9-3)21(28)17-11-10-16(13-18(17)22)20(27)25-15(5)19(23-6)24-14(4)8-2;1-2-3-4;1-2(3)4/h8,10-11,13,15H,2,4,7,9,12H2,1,3,5-6H3,(H,23,24)(H,25,27);2-3H,1H3;1H3,(H2,3,4)/b;3-2+;. The molecule has 0 bridgehead atoms. The highest BCUT2D eigenvalue weighted by molar-refractivity contribution is 6.34. The first-order chi connectivity index (χ1) is 16.9. The number of carbonyl (C=O) groups is 3. The Morgan fingerprint density at radius 3 is 2.22 bits per heavy atom. The van der Waals surface area contributed by atoms with Gasteiger partial charge in [0.25, 0.3) is 11.8 Å². The lowest BCUT2D eigenvalue weighted by molar-refractivity contribution is -0.115. The summed E-state index contributed by atoms with van der Waals surface area (Å²) in [6.45, 7) is 17.6. The van der Waals surface area contributed by atoms with E-state index in [1.165, 1.54) is 18.5 Å². The zero-order valence-electron chi connectivity index (χ0n) is 22.0. The number of nitrogens with one attached hydrogen (secondary N) is 2. The molecule has 0 spiro atoms. The van der Waals surface area contributed by atoms with Crippen molar-refractivity contribution in [2.75, 3.05) is 20.1 Å². The maximum atomic E-state index is 12.6. The second-order valence-corrected chi connectivity index (χ2v) is 7.97. The summed E-state index contributed by atoms with van der Waals surface area (Å²) in [5.41, 5.74) is 7.28. The molecule has 1 aromatic rings. The number of aliphatic imine (C=N–C) groups is 1. The molecule has 3 amide bonds. The van der Waals surface area contributed by atoms with Gasteiger partial charge in [0.1, 0.15) is 5.84 Å². The minimum atomic E-state index is -0.380. The number of primary amides is 1. The highest BCUT2D eigenvalue weighted by Gasteiger charge is 2.19. The van der Waals surface area contributed by atoms with Crippen molar-refractivity contribution in [2.24, 2.45) is 10.7 Å². The highest BCUT2D eigenvalue weighted by atomic mass is 35.5. The summed E-state index contributed by atoms with van der Waals surface area (Å²) in [4.78, 5) is 40.3. The van der Waals surface area contributed by atoms with Crippen molar-refractivity contribution < 1.29 is 14.4 Å². The number of nitrogens with two attached hydrogens (primary N) is 1. The molecule has 1 rings (SSSR count). The highest BCUT2D eigenvalue weighted by Crippen LogP contribution is 2.20. The third-order valence-corrected chi connectivity index (χ3v) is 4.85. The lowest BCUT2D eigenvalue weighted by Gasteiger charge is -2.21. The Morgan fingerprint density at radius 2 is 1.83 bits per heavy atom. The maximum absolute atomic E-state index is 12.6. The van der Waals surface area contributed by atoms with Gasteiger partial charge in [0, 0.05) is 38.3 Å². The lowest BCUT2D eigenvalue weighted by Crippen LogP contribution is -2.44. The number of amides is 3. The normalized spacial score (nSPS) is 11.2. The van der Waals surface area contributed by atoms with Gasteiger partial charge in [-0.15, -0.1) is 0 Å². The van der Waals surface area contributed by atoms with E-state index in [-0.39, 0.29) is 28.8 Å². The van der Waals surface area contributed by atoms with E-state index in [1.807, 2.05) is 20.8 Å². The average molecular weight is 541 g/mol. The van der Waals surface area contributed by atoms with Crippen LogP contribution in [0.4, 0.5) is 0 Å². The lowest BCUT2D eigenvalue weighted by atomic mass is 10.1. The smallest absolute Gasteiger partial charge is 0.255 e. The van der Waals surface area contributed by atoms with E-state index < -0.39 is 0 Å². The molecule has 0 aliphatic heterocycles. The number of nitrogens with zero attached hydrogens (tertiary/aromatic N) is 2. The summed E-state index contributed by atoms with van der Waals surface area (Å²) in [7, 11) is 1.62. The Morgan fingerprint density at radius 1 is 1.28 bits per heavy atom. The number of carbonyl (C=O) groups excluding carboxylic acids is 3. The number of hydrogen-bond acceptors (Lipinski definition) is 4. The van der Waals surface area contributed by atoms with E-state index in [0.717, 1.165) is 6.42 Å². The average Bonchev–Trinajstić information content (AvgIpc) is 2.84. The van der Waals surface area contributed by atoms with Crippen molar-refractivity contribution in [1.29, 1.82) is 0 Å². The number of benzene rings is 1. The fourth-order valence-corrected chi connectivity index (χ4v) is 2.86. The summed E-state index contributed by atoms with van der Waals surface area (Å²) in [6.07, 6.45) is 4.19. The zero-order chi connectivity index (χ0) is 28.3. The van der Waals surface area contributed by atoms with Crippen LogP contribution in [0.2, 0.25) is 5.02 Å². The molecular weight excluding hydrogens is 501 g/mol. The van der Waals surface area contributed by atoms with Gasteiger partial charge in [-0.05, 0) is 57.0 Å². The van der Waals surface area contributed by atoms with Crippen molar-refractivity contribution in [2.45, 2.75) is 47.1 Å². The first kappa shape index (κ1) is 35.1. The van der Waals surface area contributed by atoms with Crippen LogP contribution in [0.15, 0.2) is 59.7 Å². The van der Waals surface area contributed by atoms with Gasteiger partial charge in [-0.1, -0.05) is 49.4 Å². The Labute approximate surface area is 225 Å². The van der Waals surface area contributed by atoms with E-state index in [4.69, 9.17) is 23.2 Å². The zero-order valence-corrected chi connectivity index (χ0v) is 23.5. The number of halogens is 2. The summed E-state index contributed by atoms with van der Waals surface area (Å²) >= 11 is 11.3. The minimum absolute atomic E-state index is 0.137. The molecule has 4 N–H and O–H groups in total. The number of amidine groups is 1. The van der Waals surface area contributed by atoms with Crippen LogP contribution in [0.25, 0.3) is 0 Å². The van der Waals surface area contributed by atoms with Crippen LogP contribution in [0.3, 0.4) is 0 Å². The van der Waals surface area contributed by atoms with Crippen molar-refractivity contribution >= 4 is 46.8 Å². The predicted octanol–water partition coefficient (Wildman–Crippen LogP) is 4.90. The van der Waals surface area contributed by atoms with Crippen molar-refractivity contribution in [1.82, 2.24) is 15.5 Å². The van der Waals surface area contributed by atoms with E-state index in [2.05, 4.69) is 34.5 Å². The van der Waals surface area contributed by atoms with Crippen molar-refractivity contribution in [3.63, 3.8) is 0 Å². The van der Waals surface area contributed by atoms with Gasteiger partial charge >= 0.3 is 0 Å².